The number of alkyl carbamates (subject to hydrolysis) is 1. The first-order valence-corrected chi connectivity index (χ1v) is 4.26. The predicted molar refractivity (Wildman–Crippen MR) is 51.3 cm³/mol. The molecule has 0 aliphatic heterocycles. The summed E-state index contributed by atoms with van der Waals surface area (Å²) in [5.74, 6) is 0. The zero-order valence-electron chi connectivity index (χ0n) is 9.53. The van der Waals surface area contributed by atoms with Gasteiger partial charge in [-0.25, -0.2) is 4.79 Å². The summed E-state index contributed by atoms with van der Waals surface area (Å²) < 4.78 is 4.82. The minimum Gasteiger partial charge on any atom is -1.00 e. The molecule has 0 aliphatic rings. The fourth-order valence-electron chi connectivity index (χ4n) is 0.593. The van der Waals surface area contributed by atoms with Gasteiger partial charge in [0.2, 0.25) is 0 Å². The van der Waals surface area contributed by atoms with Gasteiger partial charge in [0, 0.05) is 12.1 Å². The zero-order chi connectivity index (χ0) is 10.5. The van der Waals surface area contributed by atoms with Crippen molar-refractivity contribution in [3.05, 3.63) is 0 Å². The van der Waals surface area contributed by atoms with Gasteiger partial charge in [-0.05, 0) is 20.8 Å². The Labute approximate surface area is 123 Å². The van der Waals surface area contributed by atoms with Crippen LogP contribution in [0.15, 0.2) is 0 Å². The first-order valence-electron chi connectivity index (χ1n) is 4.26. The number of rotatable bonds is 3. The first kappa shape index (κ1) is 25.3. The second-order valence-corrected chi connectivity index (χ2v) is 3.97. The maximum Gasteiger partial charge on any atom is 2.00 e. The number of halogens is 2. The Bertz CT molecular complexity index is 179. The van der Waals surface area contributed by atoms with Gasteiger partial charge in [-0.1, -0.05) is 0 Å². The van der Waals surface area contributed by atoms with E-state index in [-0.39, 0.29) is 64.1 Å². The van der Waals surface area contributed by atoms with Gasteiger partial charge in [-0.15, -0.1) is 0 Å². The summed E-state index contributed by atoms with van der Waals surface area (Å²) in [4.78, 5) is 11.0. The molecule has 0 aromatic rings. The average Bonchev–Trinajstić information content (AvgIpc) is 1.97. The summed E-state index contributed by atoms with van der Waals surface area (Å²) in [6, 6.07) is -0.286. The number of carbonyl (C=O) groups is 1. The molecule has 1 amide bonds. The standard InChI is InChI=1S/C8H19N3O2.2ClH.Pt/c1-8(2,3)11-7(12)13-5-6(10)4-9;;;/h6H,4-5,9-10H2,1-3H3,(H,11,12);2*1H;/q;;;+2/p-2. The maximum absolute atomic E-state index is 11.0. The third kappa shape index (κ3) is 16.9. The van der Waals surface area contributed by atoms with Crippen molar-refractivity contribution in [3.8, 4) is 0 Å². The van der Waals surface area contributed by atoms with Crippen molar-refractivity contribution >= 4 is 6.09 Å². The van der Waals surface area contributed by atoms with Crippen LogP contribution in [0.3, 0.4) is 0 Å². The molecule has 0 rings (SSSR count). The quantitative estimate of drug-likeness (QED) is 0.395. The summed E-state index contributed by atoms with van der Waals surface area (Å²) >= 11 is 0. The molecule has 0 aliphatic carbocycles. The summed E-state index contributed by atoms with van der Waals surface area (Å²) in [5, 5.41) is 2.64. The van der Waals surface area contributed by atoms with Crippen LogP contribution in [0, 0.1) is 0 Å². The number of hydrogen-bond donors (Lipinski definition) is 3. The number of amides is 1. The molecule has 16 heavy (non-hydrogen) atoms. The van der Waals surface area contributed by atoms with E-state index in [0.717, 1.165) is 0 Å². The molecule has 0 saturated carbocycles. The maximum atomic E-state index is 11.0. The van der Waals surface area contributed by atoms with Crippen LogP contribution in [0.2, 0.25) is 0 Å². The number of nitrogens with one attached hydrogen (secondary N) is 1. The van der Waals surface area contributed by atoms with E-state index in [4.69, 9.17) is 16.2 Å². The van der Waals surface area contributed by atoms with Gasteiger partial charge >= 0.3 is 27.2 Å². The van der Waals surface area contributed by atoms with E-state index in [1.807, 2.05) is 20.8 Å². The van der Waals surface area contributed by atoms with Crippen molar-refractivity contribution in [1.29, 1.82) is 0 Å². The summed E-state index contributed by atoms with van der Waals surface area (Å²) in [5.41, 5.74) is 10.4. The van der Waals surface area contributed by atoms with Gasteiger partial charge in [0.1, 0.15) is 6.61 Å². The average molecular weight is 455 g/mol. The Balaban J connectivity index is -0.000000240. The van der Waals surface area contributed by atoms with E-state index >= 15 is 0 Å². The van der Waals surface area contributed by atoms with Crippen LogP contribution in [0.5, 0.6) is 0 Å². The van der Waals surface area contributed by atoms with Crippen LogP contribution in [-0.2, 0) is 25.8 Å². The van der Waals surface area contributed by atoms with E-state index in [0.29, 0.717) is 6.54 Å². The molecule has 0 radical (unpaired) electrons. The molecular weight excluding hydrogens is 436 g/mol. The summed E-state index contributed by atoms with van der Waals surface area (Å²) in [7, 11) is 0. The smallest absolute Gasteiger partial charge is 1.00 e. The molecule has 1 unspecified atom stereocenters. The van der Waals surface area contributed by atoms with Gasteiger partial charge in [0.25, 0.3) is 0 Å². The van der Waals surface area contributed by atoms with E-state index in [1.54, 1.807) is 0 Å². The SMILES string of the molecule is CC(C)(C)NC(=O)OCC(N)CN.[Cl-].[Cl-].[Pt+2]. The molecule has 0 bridgehead atoms. The van der Waals surface area contributed by atoms with Crippen LogP contribution in [0.1, 0.15) is 20.8 Å². The van der Waals surface area contributed by atoms with Gasteiger partial charge < -0.3 is 46.3 Å². The Hall–Kier alpha value is 0.458. The molecule has 102 valence electrons. The third-order valence-electron chi connectivity index (χ3n) is 1.21. The summed E-state index contributed by atoms with van der Waals surface area (Å²) in [6.07, 6.45) is -0.462. The minimum atomic E-state index is -0.462. The second kappa shape index (κ2) is 11.9. The Morgan fingerprint density at radius 1 is 1.38 bits per heavy atom. The topological polar surface area (TPSA) is 90.4 Å². The number of carbonyl (C=O) groups excluding carboxylic acids is 1. The molecule has 0 fully saturated rings. The van der Waals surface area contributed by atoms with Crippen molar-refractivity contribution in [1.82, 2.24) is 5.32 Å². The van der Waals surface area contributed by atoms with Gasteiger partial charge in [0.05, 0.1) is 6.04 Å². The van der Waals surface area contributed by atoms with Crippen molar-refractivity contribution in [3.63, 3.8) is 0 Å². The largest absolute Gasteiger partial charge is 2.00 e. The molecule has 0 aromatic heterocycles. The van der Waals surface area contributed by atoms with E-state index in [9.17, 15) is 4.79 Å². The predicted octanol–water partition coefficient (Wildman–Crippen LogP) is -6.20. The number of ether oxygens (including phenoxy) is 1. The Morgan fingerprint density at radius 3 is 2.12 bits per heavy atom. The first-order chi connectivity index (χ1) is 5.85. The van der Waals surface area contributed by atoms with E-state index in [1.165, 1.54) is 0 Å². The molecule has 5 N–H and O–H groups in total. The van der Waals surface area contributed by atoms with Gasteiger partial charge in [-0.2, -0.15) is 0 Å². The fourth-order valence-corrected chi connectivity index (χ4v) is 0.593. The van der Waals surface area contributed by atoms with Crippen LogP contribution in [0.25, 0.3) is 0 Å². The zero-order valence-corrected chi connectivity index (χ0v) is 13.3. The number of nitrogens with two attached hydrogens (primary N) is 2. The molecule has 5 nitrogen and oxygen atoms in total. The van der Waals surface area contributed by atoms with Crippen molar-refractivity contribution in [2.75, 3.05) is 13.2 Å². The molecule has 8 heteroatoms. The van der Waals surface area contributed by atoms with Crippen LogP contribution in [0.4, 0.5) is 4.79 Å². The monoisotopic (exact) mass is 454 g/mol. The summed E-state index contributed by atoms with van der Waals surface area (Å²) in [6.45, 7) is 6.08. The third-order valence-corrected chi connectivity index (χ3v) is 1.21. The molecule has 0 saturated heterocycles. The van der Waals surface area contributed by atoms with Gasteiger partial charge in [-0.3, -0.25) is 0 Å². The fraction of sp³-hybridized carbons (Fsp3) is 0.875. The number of hydrogen-bond acceptors (Lipinski definition) is 4. The normalized spacial score (nSPS) is 11.1. The minimum absolute atomic E-state index is 0. The molecule has 0 spiro atoms. The molecule has 1 atom stereocenters. The Kier molecular flexibility index (Phi) is 18.9. The van der Waals surface area contributed by atoms with Crippen LogP contribution >= 0.6 is 0 Å². The van der Waals surface area contributed by atoms with Crippen LogP contribution < -0.4 is 41.6 Å². The van der Waals surface area contributed by atoms with Gasteiger partial charge in [0.15, 0.2) is 0 Å². The molecule has 0 heterocycles. The Morgan fingerprint density at radius 2 is 1.81 bits per heavy atom. The van der Waals surface area contributed by atoms with Crippen molar-refractivity contribution < 1.29 is 55.4 Å². The van der Waals surface area contributed by atoms with E-state index < -0.39 is 6.09 Å². The molecule has 0 aromatic carbocycles. The van der Waals surface area contributed by atoms with Crippen LogP contribution in [-0.4, -0.2) is 30.8 Å². The molecular formula is C8H19Cl2N3O2Pt. The second-order valence-electron chi connectivity index (χ2n) is 3.97. The van der Waals surface area contributed by atoms with Crippen molar-refractivity contribution in [2.45, 2.75) is 32.4 Å². The van der Waals surface area contributed by atoms with E-state index in [2.05, 4.69) is 5.32 Å². The van der Waals surface area contributed by atoms with Crippen molar-refractivity contribution in [2.24, 2.45) is 11.5 Å².